The van der Waals surface area contributed by atoms with Crippen LogP contribution in [-0.4, -0.2) is 39.3 Å². The van der Waals surface area contributed by atoms with E-state index in [1.807, 2.05) is 0 Å². The second kappa shape index (κ2) is 5.80. The van der Waals surface area contributed by atoms with Crippen LogP contribution in [0.25, 0.3) is 0 Å². The molecule has 0 amide bonds. The van der Waals surface area contributed by atoms with Gasteiger partial charge in [-0.05, 0) is 48.9 Å². The summed E-state index contributed by atoms with van der Waals surface area (Å²) in [7, 11) is 0. The summed E-state index contributed by atoms with van der Waals surface area (Å²) in [6.45, 7) is 1.11. The number of hydrogen-bond donors (Lipinski definition) is 1. The first kappa shape index (κ1) is 12.8. The summed E-state index contributed by atoms with van der Waals surface area (Å²) >= 11 is 11.5. The zero-order valence-electron chi connectivity index (χ0n) is 9.31. The molecule has 0 bridgehead atoms. The molecule has 0 spiro atoms. The molecule has 1 N–H and O–H groups in total. The number of aliphatic hydroxyl groups is 1. The van der Waals surface area contributed by atoms with Crippen LogP contribution in [0, 0.1) is 0 Å². The third kappa shape index (κ3) is 3.18. The average Bonchev–Trinajstić information content (AvgIpc) is 2.73. The Bertz CT molecular complexity index is 370. The lowest BCUT2D eigenvalue weighted by Crippen LogP contribution is -2.31. The van der Waals surface area contributed by atoms with Crippen LogP contribution in [0.4, 0.5) is 5.95 Å². The standard InChI is InChI=1S/C10H14Cl2N4O/c11-8-13-9(12)15-10(14-8)16-5-1-3-7(16)4-2-6-17/h7,17H,1-6H2. The molecular weight excluding hydrogens is 263 g/mol. The Morgan fingerprint density at radius 1 is 1.24 bits per heavy atom. The maximum absolute atomic E-state index is 8.87. The van der Waals surface area contributed by atoms with Gasteiger partial charge in [-0.15, -0.1) is 0 Å². The molecule has 7 heteroatoms. The summed E-state index contributed by atoms with van der Waals surface area (Å²) in [5, 5.41) is 9.11. The van der Waals surface area contributed by atoms with E-state index in [2.05, 4.69) is 19.9 Å². The van der Waals surface area contributed by atoms with Crippen molar-refractivity contribution in [1.29, 1.82) is 0 Å². The summed E-state index contributed by atoms with van der Waals surface area (Å²) in [4.78, 5) is 14.0. The summed E-state index contributed by atoms with van der Waals surface area (Å²) in [5.74, 6) is 0.537. The molecule has 1 aromatic rings. The lowest BCUT2D eigenvalue weighted by Gasteiger charge is -2.24. The van der Waals surface area contributed by atoms with Crippen LogP contribution in [0.15, 0.2) is 0 Å². The molecule has 2 rings (SSSR count). The Balaban J connectivity index is 2.14. The molecule has 1 aliphatic rings. The summed E-state index contributed by atoms with van der Waals surface area (Å²) < 4.78 is 0. The van der Waals surface area contributed by atoms with Crippen molar-refractivity contribution in [3.8, 4) is 0 Å². The van der Waals surface area contributed by atoms with Crippen LogP contribution < -0.4 is 4.90 Å². The molecule has 1 saturated heterocycles. The van der Waals surface area contributed by atoms with Crippen molar-refractivity contribution in [3.63, 3.8) is 0 Å². The van der Waals surface area contributed by atoms with Gasteiger partial charge in [0.05, 0.1) is 0 Å². The first-order valence-electron chi connectivity index (χ1n) is 5.65. The second-order valence-corrected chi connectivity index (χ2v) is 4.70. The lowest BCUT2D eigenvalue weighted by molar-refractivity contribution is 0.279. The van der Waals surface area contributed by atoms with Crippen LogP contribution in [0.2, 0.25) is 10.6 Å². The molecule has 0 aromatic carbocycles. The number of halogens is 2. The van der Waals surface area contributed by atoms with E-state index >= 15 is 0 Å². The van der Waals surface area contributed by atoms with Gasteiger partial charge in [-0.2, -0.15) is 15.0 Å². The molecule has 1 aromatic heterocycles. The van der Waals surface area contributed by atoms with Crippen LogP contribution in [0.3, 0.4) is 0 Å². The fourth-order valence-corrected chi connectivity index (χ4v) is 2.53. The van der Waals surface area contributed by atoms with Crippen molar-refractivity contribution < 1.29 is 5.11 Å². The number of aliphatic hydroxyl groups excluding tert-OH is 1. The molecule has 94 valence electrons. The van der Waals surface area contributed by atoms with Gasteiger partial charge in [0.1, 0.15) is 0 Å². The largest absolute Gasteiger partial charge is 0.396 e. The van der Waals surface area contributed by atoms with E-state index in [4.69, 9.17) is 28.3 Å². The molecular formula is C10H14Cl2N4O. The number of nitrogens with zero attached hydrogens (tertiary/aromatic N) is 4. The highest BCUT2D eigenvalue weighted by Gasteiger charge is 2.26. The SMILES string of the molecule is OCCCC1CCCN1c1nc(Cl)nc(Cl)n1. The smallest absolute Gasteiger partial charge is 0.231 e. The van der Waals surface area contributed by atoms with Gasteiger partial charge in [0, 0.05) is 19.2 Å². The van der Waals surface area contributed by atoms with E-state index < -0.39 is 0 Å². The number of anilines is 1. The number of aromatic nitrogens is 3. The molecule has 1 fully saturated rings. The van der Waals surface area contributed by atoms with E-state index in [-0.39, 0.29) is 17.2 Å². The molecule has 1 atom stereocenters. The van der Waals surface area contributed by atoms with Gasteiger partial charge in [0.15, 0.2) is 0 Å². The molecule has 1 aliphatic heterocycles. The zero-order valence-corrected chi connectivity index (χ0v) is 10.8. The molecule has 1 unspecified atom stereocenters. The van der Waals surface area contributed by atoms with Crippen molar-refractivity contribution in [2.75, 3.05) is 18.1 Å². The van der Waals surface area contributed by atoms with Gasteiger partial charge in [-0.1, -0.05) is 0 Å². The zero-order chi connectivity index (χ0) is 12.3. The fraction of sp³-hybridized carbons (Fsp3) is 0.700. The lowest BCUT2D eigenvalue weighted by atomic mass is 10.1. The second-order valence-electron chi connectivity index (χ2n) is 4.03. The van der Waals surface area contributed by atoms with E-state index in [1.165, 1.54) is 0 Å². The molecule has 2 heterocycles. The van der Waals surface area contributed by atoms with Crippen molar-refractivity contribution >= 4 is 29.2 Å². The molecule has 0 radical (unpaired) electrons. The summed E-state index contributed by atoms with van der Waals surface area (Å²) in [6.07, 6.45) is 3.89. The van der Waals surface area contributed by atoms with Gasteiger partial charge < -0.3 is 10.0 Å². The van der Waals surface area contributed by atoms with Gasteiger partial charge in [-0.25, -0.2) is 0 Å². The minimum Gasteiger partial charge on any atom is -0.396 e. The maximum atomic E-state index is 8.87. The predicted octanol–water partition coefficient (Wildman–Crippen LogP) is 1.92. The molecule has 0 aliphatic carbocycles. The number of rotatable bonds is 4. The minimum absolute atomic E-state index is 0.118. The van der Waals surface area contributed by atoms with Crippen LogP contribution in [0.1, 0.15) is 25.7 Å². The molecule has 5 nitrogen and oxygen atoms in total. The monoisotopic (exact) mass is 276 g/mol. The quantitative estimate of drug-likeness (QED) is 0.911. The van der Waals surface area contributed by atoms with Crippen LogP contribution in [-0.2, 0) is 0 Å². The Labute approximate surface area is 110 Å². The van der Waals surface area contributed by atoms with Crippen molar-refractivity contribution in [3.05, 3.63) is 10.6 Å². The Morgan fingerprint density at radius 2 is 1.94 bits per heavy atom. The Kier molecular flexibility index (Phi) is 4.36. The van der Waals surface area contributed by atoms with Gasteiger partial charge >= 0.3 is 0 Å². The molecule has 0 saturated carbocycles. The maximum Gasteiger partial charge on any atom is 0.231 e. The third-order valence-electron chi connectivity index (χ3n) is 2.90. The highest BCUT2D eigenvalue weighted by molar-refractivity contribution is 6.31. The van der Waals surface area contributed by atoms with Crippen molar-refractivity contribution in [2.45, 2.75) is 31.7 Å². The third-order valence-corrected chi connectivity index (χ3v) is 3.24. The topological polar surface area (TPSA) is 62.1 Å². The van der Waals surface area contributed by atoms with Gasteiger partial charge in [0.25, 0.3) is 0 Å². The van der Waals surface area contributed by atoms with E-state index in [0.29, 0.717) is 12.0 Å². The highest BCUT2D eigenvalue weighted by atomic mass is 35.5. The fourth-order valence-electron chi connectivity index (χ4n) is 2.17. The molecule has 17 heavy (non-hydrogen) atoms. The average molecular weight is 277 g/mol. The van der Waals surface area contributed by atoms with E-state index in [0.717, 1.165) is 32.2 Å². The van der Waals surface area contributed by atoms with Crippen molar-refractivity contribution in [1.82, 2.24) is 15.0 Å². The highest BCUT2D eigenvalue weighted by Crippen LogP contribution is 2.26. The van der Waals surface area contributed by atoms with Crippen LogP contribution >= 0.6 is 23.2 Å². The van der Waals surface area contributed by atoms with E-state index in [9.17, 15) is 0 Å². The van der Waals surface area contributed by atoms with E-state index in [1.54, 1.807) is 0 Å². The Morgan fingerprint density at radius 3 is 2.59 bits per heavy atom. The normalized spacial score (nSPS) is 19.9. The summed E-state index contributed by atoms with van der Waals surface area (Å²) in [5.41, 5.74) is 0. The first-order valence-corrected chi connectivity index (χ1v) is 6.41. The van der Waals surface area contributed by atoms with Crippen molar-refractivity contribution in [2.24, 2.45) is 0 Å². The predicted molar refractivity (Wildman–Crippen MR) is 66.5 cm³/mol. The number of hydrogen-bond acceptors (Lipinski definition) is 5. The summed E-state index contributed by atoms with van der Waals surface area (Å²) in [6, 6.07) is 0.358. The Hall–Kier alpha value is -0.650. The first-order chi connectivity index (χ1) is 8.20. The van der Waals surface area contributed by atoms with Crippen LogP contribution in [0.5, 0.6) is 0 Å². The minimum atomic E-state index is 0.118. The van der Waals surface area contributed by atoms with Gasteiger partial charge in [-0.3, -0.25) is 0 Å². The van der Waals surface area contributed by atoms with Gasteiger partial charge in [0.2, 0.25) is 16.5 Å².